The second-order valence-corrected chi connectivity index (χ2v) is 4.50. The maximum absolute atomic E-state index is 11.9. The molecule has 1 rings (SSSR count). The highest BCUT2D eigenvalue weighted by molar-refractivity contribution is 5.92. The topological polar surface area (TPSA) is 71.3 Å². The van der Waals surface area contributed by atoms with Crippen molar-refractivity contribution in [1.29, 1.82) is 0 Å². The number of aromatic nitrogens is 1. The number of carbonyl (C=O) groups is 2. The number of aryl methyl sites for hydroxylation is 1. The molecule has 0 aromatic carbocycles. The van der Waals surface area contributed by atoms with Crippen molar-refractivity contribution < 1.29 is 14.7 Å². The van der Waals surface area contributed by atoms with Gasteiger partial charge in [-0.2, -0.15) is 0 Å². The van der Waals surface area contributed by atoms with Gasteiger partial charge in [-0.05, 0) is 24.5 Å². The van der Waals surface area contributed by atoms with E-state index in [1.807, 2.05) is 16.8 Å². The molecule has 0 fully saturated rings. The fourth-order valence-corrected chi connectivity index (χ4v) is 1.78. The van der Waals surface area contributed by atoms with E-state index in [2.05, 4.69) is 12.2 Å². The lowest BCUT2D eigenvalue weighted by atomic mass is 10.1. The SMILES string of the molecule is CCCn1cccc1C(=O)NCC(C)CC(=O)O. The highest BCUT2D eigenvalue weighted by Gasteiger charge is 2.13. The summed E-state index contributed by atoms with van der Waals surface area (Å²) < 4.78 is 1.90. The highest BCUT2D eigenvalue weighted by atomic mass is 16.4. The molecule has 1 aromatic rings. The maximum atomic E-state index is 11.9. The molecule has 0 bridgehead atoms. The second-order valence-electron chi connectivity index (χ2n) is 4.50. The Bertz CT molecular complexity index is 412. The highest BCUT2D eigenvalue weighted by Crippen LogP contribution is 2.05. The summed E-state index contributed by atoms with van der Waals surface area (Å²) in [4.78, 5) is 22.4. The molecular weight excluding hydrogens is 232 g/mol. The van der Waals surface area contributed by atoms with Crippen molar-refractivity contribution in [3.8, 4) is 0 Å². The van der Waals surface area contributed by atoms with Crippen molar-refractivity contribution in [2.75, 3.05) is 6.54 Å². The van der Waals surface area contributed by atoms with Crippen LogP contribution in [0.3, 0.4) is 0 Å². The van der Waals surface area contributed by atoms with E-state index in [-0.39, 0.29) is 18.2 Å². The lowest BCUT2D eigenvalue weighted by Crippen LogP contribution is -2.30. The van der Waals surface area contributed by atoms with E-state index in [0.717, 1.165) is 13.0 Å². The number of hydrogen-bond acceptors (Lipinski definition) is 2. The Hall–Kier alpha value is -1.78. The first kappa shape index (κ1) is 14.3. The molecule has 1 atom stereocenters. The first-order valence-electron chi connectivity index (χ1n) is 6.19. The van der Waals surface area contributed by atoms with Crippen molar-refractivity contribution in [3.63, 3.8) is 0 Å². The van der Waals surface area contributed by atoms with Crippen LogP contribution in [0.5, 0.6) is 0 Å². The van der Waals surface area contributed by atoms with E-state index in [0.29, 0.717) is 12.2 Å². The minimum Gasteiger partial charge on any atom is -0.481 e. The molecule has 18 heavy (non-hydrogen) atoms. The first-order chi connectivity index (χ1) is 8.54. The molecule has 1 aromatic heterocycles. The van der Waals surface area contributed by atoms with Gasteiger partial charge in [-0.15, -0.1) is 0 Å². The molecule has 2 N–H and O–H groups in total. The molecule has 0 aliphatic carbocycles. The van der Waals surface area contributed by atoms with E-state index >= 15 is 0 Å². The zero-order chi connectivity index (χ0) is 13.5. The van der Waals surface area contributed by atoms with Gasteiger partial charge in [0, 0.05) is 25.7 Å². The predicted molar refractivity (Wildman–Crippen MR) is 68.5 cm³/mol. The summed E-state index contributed by atoms with van der Waals surface area (Å²) >= 11 is 0. The average molecular weight is 252 g/mol. The Balaban J connectivity index is 2.49. The van der Waals surface area contributed by atoms with Crippen molar-refractivity contribution >= 4 is 11.9 Å². The number of carbonyl (C=O) groups excluding carboxylic acids is 1. The molecule has 0 saturated carbocycles. The fraction of sp³-hybridized carbons (Fsp3) is 0.538. The average Bonchev–Trinajstić information content (AvgIpc) is 2.74. The van der Waals surface area contributed by atoms with Gasteiger partial charge in [-0.25, -0.2) is 0 Å². The van der Waals surface area contributed by atoms with E-state index in [1.54, 1.807) is 13.0 Å². The van der Waals surface area contributed by atoms with E-state index in [1.165, 1.54) is 0 Å². The third-order valence-corrected chi connectivity index (χ3v) is 2.66. The van der Waals surface area contributed by atoms with Crippen LogP contribution >= 0.6 is 0 Å². The van der Waals surface area contributed by atoms with Crippen LogP contribution in [-0.2, 0) is 11.3 Å². The number of carboxylic acid groups (broad SMARTS) is 1. The van der Waals surface area contributed by atoms with Crippen molar-refractivity contribution in [2.24, 2.45) is 5.92 Å². The number of nitrogens with zero attached hydrogens (tertiary/aromatic N) is 1. The molecule has 0 radical (unpaired) electrons. The lowest BCUT2D eigenvalue weighted by molar-refractivity contribution is -0.137. The molecule has 5 nitrogen and oxygen atoms in total. The second kappa shape index (κ2) is 6.83. The van der Waals surface area contributed by atoms with Crippen LogP contribution in [0, 0.1) is 5.92 Å². The minimum absolute atomic E-state index is 0.0657. The minimum atomic E-state index is -0.842. The maximum Gasteiger partial charge on any atom is 0.303 e. The fourth-order valence-electron chi connectivity index (χ4n) is 1.78. The van der Waals surface area contributed by atoms with Gasteiger partial charge < -0.3 is 15.0 Å². The molecule has 1 amide bonds. The Kier molecular flexibility index (Phi) is 5.42. The van der Waals surface area contributed by atoms with Gasteiger partial charge in [0.2, 0.25) is 0 Å². The van der Waals surface area contributed by atoms with Crippen LogP contribution in [0.1, 0.15) is 37.2 Å². The smallest absolute Gasteiger partial charge is 0.303 e. The van der Waals surface area contributed by atoms with Crippen LogP contribution in [0.2, 0.25) is 0 Å². The number of rotatable bonds is 7. The summed E-state index contributed by atoms with van der Waals surface area (Å²) in [6, 6.07) is 3.61. The molecule has 1 heterocycles. The van der Waals surface area contributed by atoms with Crippen LogP contribution in [-0.4, -0.2) is 28.1 Å². The van der Waals surface area contributed by atoms with Crippen molar-refractivity contribution in [1.82, 2.24) is 9.88 Å². The van der Waals surface area contributed by atoms with Gasteiger partial charge in [0.1, 0.15) is 5.69 Å². The summed E-state index contributed by atoms with van der Waals surface area (Å²) in [6.45, 7) is 5.04. The van der Waals surface area contributed by atoms with E-state index in [9.17, 15) is 9.59 Å². The van der Waals surface area contributed by atoms with Gasteiger partial charge in [0.05, 0.1) is 0 Å². The molecular formula is C13H20N2O3. The van der Waals surface area contributed by atoms with Crippen molar-refractivity contribution in [3.05, 3.63) is 24.0 Å². The number of hydrogen-bond donors (Lipinski definition) is 2. The molecule has 1 unspecified atom stereocenters. The summed E-state index contributed by atoms with van der Waals surface area (Å²) in [5.74, 6) is -1.06. The van der Waals surface area contributed by atoms with Gasteiger partial charge in [-0.3, -0.25) is 9.59 Å². The monoisotopic (exact) mass is 252 g/mol. The first-order valence-corrected chi connectivity index (χ1v) is 6.19. The van der Waals surface area contributed by atoms with Gasteiger partial charge in [0.15, 0.2) is 0 Å². The van der Waals surface area contributed by atoms with Crippen LogP contribution in [0.15, 0.2) is 18.3 Å². The molecule has 100 valence electrons. The van der Waals surface area contributed by atoms with Crippen LogP contribution in [0.4, 0.5) is 0 Å². The zero-order valence-electron chi connectivity index (χ0n) is 10.8. The molecule has 0 saturated heterocycles. The molecule has 0 spiro atoms. The van der Waals surface area contributed by atoms with Crippen molar-refractivity contribution in [2.45, 2.75) is 33.2 Å². The Labute approximate surface area is 107 Å². The lowest BCUT2D eigenvalue weighted by Gasteiger charge is -2.12. The van der Waals surface area contributed by atoms with Gasteiger partial charge >= 0.3 is 5.97 Å². The van der Waals surface area contributed by atoms with Crippen LogP contribution in [0.25, 0.3) is 0 Å². The van der Waals surface area contributed by atoms with E-state index in [4.69, 9.17) is 5.11 Å². The van der Waals surface area contributed by atoms with Gasteiger partial charge in [0.25, 0.3) is 5.91 Å². The number of amides is 1. The quantitative estimate of drug-likeness (QED) is 0.776. The third-order valence-electron chi connectivity index (χ3n) is 2.66. The summed E-state index contributed by atoms with van der Waals surface area (Å²) in [5, 5.41) is 11.4. The predicted octanol–water partition coefficient (Wildman–Crippen LogP) is 1.74. The molecule has 0 aliphatic heterocycles. The third kappa shape index (κ3) is 4.24. The summed E-state index contributed by atoms with van der Waals surface area (Å²) in [5.41, 5.74) is 0.624. The summed E-state index contributed by atoms with van der Waals surface area (Å²) in [6.07, 6.45) is 2.90. The number of aliphatic carboxylic acids is 1. The van der Waals surface area contributed by atoms with E-state index < -0.39 is 5.97 Å². The van der Waals surface area contributed by atoms with Gasteiger partial charge in [-0.1, -0.05) is 13.8 Å². The Morgan fingerprint density at radius 2 is 2.22 bits per heavy atom. The number of nitrogens with one attached hydrogen (secondary N) is 1. The normalized spacial score (nSPS) is 12.1. The zero-order valence-corrected chi connectivity index (χ0v) is 10.8. The Morgan fingerprint density at radius 1 is 1.50 bits per heavy atom. The number of carboxylic acids is 1. The molecule has 0 aliphatic rings. The standard InChI is InChI=1S/C13H20N2O3/c1-3-6-15-7-4-5-11(15)13(18)14-9-10(2)8-12(16)17/h4-5,7,10H,3,6,8-9H2,1-2H3,(H,14,18)(H,16,17). The van der Waals surface area contributed by atoms with Crippen LogP contribution < -0.4 is 5.32 Å². The Morgan fingerprint density at radius 3 is 2.83 bits per heavy atom. The molecule has 5 heteroatoms. The summed E-state index contributed by atoms with van der Waals surface area (Å²) in [7, 11) is 0. The largest absolute Gasteiger partial charge is 0.481 e.